The molecule has 128 valence electrons. The van der Waals surface area contributed by atoms with Crippen LogP contribution in [0.4, 0.5) is 5.82 Å². The lowest BCUT2D eigenvalue weighted by atomic mass is 9.79. The van der Waals surface area contributed by atoms with Crippen molar-refractivity contribution in [1.82, 2.24) is 10.5 Å². The van der Waals surface area contributed by atoms with E-state index >= 15 is 0 Å². The topological polar surface area (TPSA) is 84.2 Å². The predicted molar refractivity (Wildman–Crippen MR) is 91.3 cm³/mol. The minimum absolute atomic E-state index is 0.00526. The van der Waals surface area contributed by atoms with Crippen molar-refractivity contribution < 1.29 is 14.1 Å². The number of nitrogens with one attached hydrogen (secondary N) is 2. The summed E-state index contributed by atoms with van der Waals surface area (Å²) in [5.41, 5.74) is 0. The summed E-state index contributed by atoms with van der Waals surface area (Å²) in [6.45, 7) is 6.15. The zero-order valence-corrected chi connectivity index (χ0v) is 14.7. The number of rotatable bonds is 6. The molecule has 0 aliphatic heterocycles. The third-order valence-corrected chi connectivity index (χ3v) is 5.17. The van der Waals surface area contributed by atoms with E-state index in [0.29, 0.717) is 29.2 Å². The minimum Gasteiger partial charge on any atom is -0.360 e. The largest absolute Gasteiger partial charge is 0.360 e. The fourth-order valence-electron chi connectivity index (χ4n) is 3.03. The molecule has 2 atom stereocenters. The van der Waals surface area contributed by atoms with Crippen LogP contribution in [0.3, 0.4) is 0 Å². The second kappa shape index (κ2) is 8.38. The monoisotopic (exact) mass is 339 g/mol. The average molecular weight is 339 g/mol. The van der Waals surface area contributed by atoms with Crippen molar-refractivity contribution in [2.45, 2.75) is 46.1 Å². The van der Waals surface area contributed by atoms with E-state index in [1.807, 2.05) is 0 Å². The fourth-order valence-corrected chi connectivity index (χ4v) is 3.66. The van der Waals surface area contributed by atoms with E-state index in [1.165, 1.54) is 31.0 Å². The van der Waals surface area contributed by atoms with Gasteiger partial charge in [0, 0.05) is 12.1 Å². The Morgan fingerprint density at radius 1 is 1.26 bits per heavy atom. The molecule has 2 rings (SSSR count). The standard InChI is InChI=1S/C16H25N3O3S/c1-10-5-4-6-11(2)16(10)18-15(21)9-23-8-14(20)17-13-7-12(3)22-19-13/h7,10-11,16H,4-6,8-9H2,1-3H3,(H,18,21)(H,17,19,20)/t10-,11-/m0/s1. The lowest BCUT2D eigenvalue weighted by Crippen LogP contribution is -2.46. The summed E-state index contributed by atoms with van der Waals surface area (Å²) < 4.78 is 4.88. The molecule has 0 saturated heterocycles. The van der Waals surface area contributed by atoms with Gasteiger partial charge in [0.25, 0.3) is 0 Å². The van der Waals surface area contributed by atoms with Crippen molar-refractivity contribution in [3.8, 4) is 0 Å². The molecular weight excluding hydrogens is 314 g/mol. The Morgan fingerprint density at radius 3 is 2.52 bits per heavy atom. The van der Waals surface area contributed by atoms with Crippen molar-refractivity contribution >= 4 is 29.4 Å². The average Bonchev–Trinajstić information content (AvgIpc) is 2.88. The number of thioether (sulfide) groups is 1. The molecule has 1 heterocycles. The van der Waals surface area contributed by atoms with Crippen molar-refractivity contribution in [2.24, 2.45) is 11.8 Å². The zero-order valence-electron chi connectivity index (χ0n) is 13.9. The van der Waals surface area contributed by atoms with Crippen molar-refractivity contribution in [3.63, 3.8) is 0 Å². The molecule has 1 aromatic rings. The lowest BCUT2D eigenvalue weighted by Gasteiger charge is -2.35. The normalized spacial score (nSPS) is 21.9. The molecule has 2 amide bonds. The quantitative estimate of drug-likeness (QED) is 0.832. The number of anilines is 1. The van der Waals surface area contributed by atoms with E-state index < -0.39 is 0 Å². The van der Waals surface area contributed by atoms with Gasteiger partial charge in [0.05, 0.1) is 11.5 Å². The first-order valence-corrected chi connectivity index (χ1v) is 9.21. The van der Waals surface area contributed by atoms with Crippen molar-refractivity contribution in [3.05, 3.63) is 11.8 Å². The van der Waals surface area contributed by atoms with Crippen LogP contribution in [0.15, 0.2) is 10.6 Å². The molecule has 1 saturated carbocycles. The molecular formula is C16H25N3O3S. The number of aryl methyl sites for hydroxylation is 1. The highest BCUT2D eigenvalue weighted by atomic mass is 32.2. The number of carbonyl (C=O) groups is 2. The maximum atomic E-state index is 12.1. The van der Waals surface area contributed by atoms with E-state index in [-0.39, 0.29) is 23.6 Å². The molecule has 6 nitrogen and oxygen atoms in total. The van der Waals surface area contributed by atoms with Crippen LogP contribution in [0.25, 0.3) is 0 Å². The van der Waals surface area contributed by atoms with Gasteiger partial charge in [-0.1, -0.05) is 25.4 Å². The molecule has 1 aliphatic carbocycles. The van der Waals surface area contributed by atoms with Gasteiger partial charge in [-0.25, -0.2) is 0 Å². The van der Waals surface area contributed by atoms with Gasteiger partial charge in [-0.05, 0) is 31.6 Å². The first kappa shape index (κ1) is 17.8. The highest BCUT2D eigenvalue weighted by Crippen LogP contribution is 2.28. The predicted octanol–water partition coefficient (Wildman–Crippen LogP) is 2.60. The Balaban J connectivity index is 1.67. The van der Waals surface area contributed by atoms with Gasteiger partial charge in [0.1, 0.15) is 5.76 Å². The van der Waals surface area contributed by atoms with E-state index in [2.05, 4.69) is 29.6 Å². The molecule has 1 aromatic heterocycles. The highest BCUT2D eigenvalue weighted by Gasteiger charge is 2.28. The number of amides is 2. The second-order valence-electron chi connectivity index (χ2n) is 6.34. The van der Waals surface area contributed by atoms with Crippen LogP contribution in [0, 0.1) is 18.8 Å². The van der Waals surface area contributed by atoms with Gasteiger partial charge in [0.15, 0.2) is 5.82 Å². The molecule has 7 heteroatoms. The van der Waals surface area contributed by atoms with Crippen LogP contribution in [0.1, 0.15) is 38.9 Å². The number of aromatic nitrogens is 1. The zero-order chi connectivity index (χ0) is 16.8. The van der Waals surface area contributed by atoms with Gasteiger partial charge in [-0.2, -0.15) is 0 Å². The minimum atomic E-state index is -0.185. The Bertz CT molecular complexity index is 536. The van der Waals surface area contributed by atoms with Crippen molar-refractivity contribution in [2.75, 3.05) is 16.8 Å². The molecule has 1 aliphatic rings. The van der Waals surface area contributed by atoms with Gasteiger partial charge in [-0.15, -0.1) is 11.8 Å². The number of hydrogen-bond donors (Lipinski definition) is 2. The smallest absolute Gasteiger partial charge is 0.235 e. The molecule has 0 spiro atoms. The maximum Gasteiger partial charge on any atom is 0.235 e. The summed E-state index contributed by atoms with van der Waals surface area (Å²) in [7, 11) is 0. The molecule has 2 N–H and O–H groups in total. The van der Waals surface area contributed by atoms with Gasteiger partial charge >= 0.3 is 0 Å². The number of carbonyl (C=O) groups excluding carboxylic acids is 2. The molecule has 0 radical (unpaired) electrons. The van der Waals surface area contributed by atoms with Crippen LogP contribution >= 0.6 is 11.8 Å². The first-order chi connectivity index (χ1) is 11.0. The molecule has 0 unspecified atom stereocenters. The number of nitrogens with zero attached hydrogens (tertiary/aromatic N) is 1. The molecule has 23 heavy (non-hydrogen) atoms. The van der Waals surface area contributed by atoms with Gasteiger partial charge in [0.2, 0.25) is 11.8 Å². The van der Waals surface area contributed by atoms with Crippen LogP contribution in [-0.4, -0.2) is 34.5 Å². The second-order valence-corrected chi connectivity index (χ2v) is 7.33. The Morgan fingerprint density at radius 2 is 1.91 bits per heavy atom. The van der Waals surface area contributed by atoms with Crippen LogP contribution < -0.4 is 10.6 Å². The fraction of sp³-hybridized carbons (Fsp3) is 0.688. The Hall–Kier alpha value is -1.50. The summed E-state index contributed by atoms with van der Waals surface area (Å²) >= 11 is 1.30. The van der Waals surface area contributed by atoms with Crippen LogP contribution in [0.2, 0.25) is 0 Å². The molecule has 1 fully saturated rings. The van der Waals surface area contributed by atoms with E-state index in [1.54, 1.807) is 13.0 Å². The van der Waals surface area contributed by atoms with Crippen LogP contribution in [-0.2, 0) is 9.59 Å². The van der Waals surface area contributed by atoms with E-state index in [4.69, 9.17) is 4.52 Å². The Labute approximate surface area is 141 Å². The van der Waals surface area contributed by atoms with Gasteiger partial charge < -0.3 is 15.2 Å². The summed E-state index contributed by atoms with van der Waals surface area (Å²) in [4.78, 5) is 23.8. The van der Waals surface area contributed by atoms with Crippen molar-refractivity contribution in [1.29, 1.82) is 0 Å². The summed E-state index contributed by atoms with van der Waals surface area (Å²) in [5, 5.41) is 9.46. The van der Waals surface area contributed by atoms with E-state index in [9.17, 15) is 9.59 Å². The summed E-state index contributed by atoms with van der Waals surface area (Å²) in [6, 6.07) is 1.91. The molecule has 0 aromatic carbocycles. The summed E-state index contributed by atoms with van der Waals surface area (Å²) in [6.07, 6.45) is 3.58. The molecule has 0 bridgehead atoms. The third kappa shape index (κ3) is 5.57. The maximum absolute atomic E-state index is 12.1. The van der Waals surface area contributed by atoms with Crippen LogP contribution in [0.5, 0.6) is 0 Å². The lowest BCUT2D eigenvalue weighted by molar-refractivity contribution is -0.120. The highest BCUT2D eigenvalue weighted by molar-refractivity contribution is 8.00. The first-order valence-electron chi connectivity index (χ1n) is 8.06. The van der Waals surface area contributed by atoms with Gasteiger partial charge in [-0.3, -0.25) is 9.59 Å². The van der Waals surface area contributed by atoms with E-state index in [0.717, 1.165) is 0 Å². The SMILES string of the molecule is Cc1cc(NC(=O)CSCC(=O)NC2[C@@H](C)CCC[C@@H]2C)no1. The Kier molecular flexibility index (Phi) is 6.50. The summed E-state index contributed by atoms with van der Waals surface area (Å²) in [5.74, 6) is 2.42. The number of hydrogen-bond acceptors (Lipinski definition) is 5. The third-order valence-electron chi connectivity index (χ3n) is 4.23.